The molecular formula is C13H14N2O3. The first-order valence-electron chi connectivity index (χ1n) is 5.70. The van der Waals surface area contributed by atoms with Gasteiger partial charge in [0.05, 0.1) is 5.56 Å². The molecule has 0 spiro atoms. The molecule has 5 nitrogen and oxygen atoms in total. The molecule has 2 aromatic rings. The van der Waals surface area contributed by atoms with Crippen LogP contribution in [0.4, 0.5) is 0 Å². The van der Waals surface area contributed by atoms with Crippen molar-refractivity contribution in [2.24, 2.45) is 0 Å². The average Bonchev–Trinajstić information content (AvgIpc) is 2.72. The lowest BCUT2D eigenvalue weighted by Crippen LogP contribution is -2.26. The largest absolute Gasteiger partial charge is 0.478 e. The molecule has 0 aliphatic carbocycles. The molecule has 0 saturated heterocycles. The molecule has 0 saturated carbocycles. The van der Waals surface area contributed by atoms with Crippen molar-refractivity contribution in [2.75, 3.05) is 6.54 Å². The molecule has 0 aliphatic rings. The van der Waals surface area contributed by atoms with Crippen LogP contribution in [-0.2, 0) is 11.3 Å². The highest BCUT2D eigenvalue weighted by molar-refractivity contribution is 5.94. The minimum atomic E-state index is -0.951. The Hall–Kier alpha value is -2.30. The van der Waals surface area contributed by atoms with Crippen LogP contribution in [0.2, 0.25) is 0 Å². The van der Waals surface area contributed by atoms with E-state index in [0.717, 1.165) is 10.9 Å². The minimum absolute atomic E-state index is 0.0580. The number of aromatic carboxylic acids is 1. The van der Waals surface area contributed by atoms with E-state index in [9.17, 15) is 9.59 Å². The van der Waals surface area contributed by atoms with E-state index < -0.39 is 5.97 Å². The highest BCUT2D eigenvalue weighted by atomic mass is 16.4. The highest BCUT2D eigenvalue weighted by Gasteiger charge is 2.08. The van der Waals surface area contributed by atoms with Gasteiger partial charge in [-0.3, -0.25) is 4.79 Å². The molecular weight excluding hydrogens is 232 g/mol. The number of hydrogen-bond donors (Lipinski definition) is 2. The van der Waals surface area contributed by atoms with Crippen LogP contribution >= 0.6 is 0 Å². The predicted octanol–water partition coefficient (Wildman–Crippen LogP) is 1.48. The van der Waals surface area contributed by atoms with Crippen LogP contribution in [0.15, 0.2) is 30.5 Å². The summed E-state index contributed by atoms with van der Waals surface area (Å²) < 4.78 is 1.80. The fourth-order valence-corrected chi connectivity index (χ4v) is 1.88. The number of carbonyl (C=O) groups excluding carboxylic acids is 1. The lowest BCUT2D eigenvalue weighted by Gasteiger charge is -2.05. The normalized spacial score (nSPS) is 10.5. The Kier molecular flexibility index (Phi) is 3.32. The Morgan fingerprint density at radius 1 is 1.33 bits per heavy atom. The molecule has 0 aliphatic heterocycles. The summed E-state index contributed by atoms with van der Waals surface area (Å²) in [7, 11) is 0. The topological polar surface area (TPSA) is 71.3 Å². The van der Waals surface area contributed by atoms with Gasteiger partial charge in [-0.05, 0) is 31.2 Å². The maximum absolute atomic E-state index is 11.5. The van der Waals surface area contributed by atoms with Gasteiger partial charge in [0.15, 0.2) is 0 Å². The zero-order valence-electron chi connectivity index (χ0n) is 10.0. The number of nitrogens with one attached hydrogen (secondary N) is 1. The van der Waals surface area contributed by atoms with Gasteiger partial charge in [0.2, 0.25) is 5.91 Å². The van der Waals surface area contributed by atoms with E-state index in [-0.39, 0.29) is 18.0 Å². The first-order chi connectivity index (χ1) is 8.61. The third kappa shape index (κ3) is 2.34. The van der Waals surface area contributed by atoms with Crippen molar-refractivity contribution in [3.63, 3.8) is 0 Å². The van der Waals surface area contributed by atoms with E-state index in [1.165, 1.54) is 0 Å². The number of fused-ring (bicyclic) bond motifs is 1. The van der Waals surface area contributed by atoms with E-state index in [1.54, 1.807) is 35.0 Å². The van der Waals surface area contributed by atoms with Gasteiger partial charge >= 0.3 is 5.97 Å². The number of likely N-dealkylation sites (N-methyl/N-ethyl adjacent to an activating group) is 1. The first-order valence-corrected chi connectivity index (χ1v) is 5.70. The van der Waals surface area contributed by atoms with Crippen LogP contribution in [0.3, 0.4) is 0 Å². The second-order valence-electron chi connectivity index (χ2n) is 3.98. The summed E-state index contributed by atoms with van der Waals surface area (Å²) in [4.78, 5) is 22.3. The molecule has 0 fully saturated rings. The summed E-state index contributed by atoms with van der Waals surface area (Å²) in [6.45, 7) is 2.70. The molecule has 0 unspecified atom stereocenters. The summed E-state index contributed by atoms with van der Waals surface area (Å²) in [6.07, 6.45) is 1.78. The van der Waals surface area contributed by atoms with Gasteiger partial charge in [-0.2, -0.15) is 0 Å². The molecule has 0 bridgehead atoms. The molecule has 2 N–H and O–H groups in total. The summed E-state index contributed by atoms with van der Waals surface area (Å²) >= 11 is 0. The fourth-order valence-electron chi connectivity index (χ4n) is 1.88. The maximum atomic E-state index is 11.5. The monoisotopic (exact) mass is 246 g/mol. The molecule has 5 heteroatoms. The third-order valence-corrected chi connectivity index (χ3v) is 2.71. The second-order valence-corrected chi connectivity index (χ2v) is 3.98. The van der Waals surface area contributed by atoms with E-state index in [4.69, 9.17) is 5.11 Å². The third-order valence-electron chi connectivity index (χ3n) is 2.71. The number of nitrogens with zero attached hydrogens (tertiary/aromatic N) is 1. The molecule has 1 heterocycles. The zero-order valence-corrected chi connectivity index (χ0v) is 10.0. The first kappa shape index (κ1) is 12.2. The number of carbonyl (C=O) groups is 2. The van der Waals surface area contributed by atoms with Gasteiger partial charge < -0.3 is 15.0 Å². The standard InChI is InChI=1S/C13H14N2O3/c1-2-14-12(16)8-15-6-5-9-7-10(13(17)18)3-4-11(9)15/h3-7H,2,8H2,1H3,(H,14,16)(H,17,18). The molecule has 18 heavy (non-hydrogen) atoms. The second kappa shape index (κ2) is 4.91. The summed E-state index contributed by atoms with van der Waals surface area (Å²) in [5.41, 5.74) is 1.10. The molecule has 1 amide bonds. The SMILES string of the molecule is CCNC(=O)Cn1ccc2cc(C(=O)O)ccc21. The van der Waals surface area contributed by atoms with Crippen LogP contribution in [0, 0.1) is 0 Å². The number of amides is 1. The average molecular weight is 246 g/mol. The number of rotatable bonds is 4. The summed E-state index contributed by atoms with van der Waals surface area (Å²) in [5, 5.41) is 12.4. The molecule has 94 valence electrons. The Balaban J connectivity index is 2.31. The Labute approximate surface area is 104 Å². The number of aromatic nitrogens is 1. The molecule has 1 aromatic heterocycles. The minimum Gasteiger partial charge on any atom is -0.478 e. The van der Waals surface area contributed by atoms with Gasteiger partial charge in [-0.15, -0.1) is 0 Å². The van der Waals surface area contributed by atoms with Gasteiger partial charge in [-0.25, -0.2) is 4.79 Å². The van der Waals surface area contributed by atoms with Crippen LogP contribution in [-0.4, -0.2) is 28.1 Å². The van der Waals surface area contributed by atoms with Gasteiger partial charge in [-0.1, -0.05) is 0 Å². The van der Waals surface area contributed by atoms with Gasteiger partial charge in [0.25, 0.3) is 0 Å². The quantitative estimate of drug-likeness (QED) is 0.858. The number of carboxylic acids is 1. The van der Waals surface area contributed by atoms with E-state index >= 15 is 0 Å². The number of benzene rings is 1. The predicted molar refractivity (Wildman–Crippen MR) is 67.6 cm³/mol. The Morgan fingerprint density at radius 3 is 2.78 bits per heavy atom. The van der Waals surface area contributed by atoms with E-state index in [0.29, 0.717) is 6.54 Å². The molecule has 0 radical (unpaired) electrons. The van der Waals surface area contributed by atoms with Crippen molar-refractivity contribution in [1.82, 2.24) is 9.88 Å². The lowest BCUT2D eigenvalue weighted by molar-refractivity contribution is -0.121. The Morgan fingerprint density at radius 2 is 2.11 bits per heavy atom. The van der Waals surface area contributed by atoms with Crippen molar-refractivity contribution in [2.45, 2.75) is 13.5 Å². The van der Waals surface area contributed by atoms with E-state index in [1.807, 2.05) is 6.92 Å². The maximum Gasteiger partial charge on any atom is 0.335 e. The van der Waals surface area contributed by atoms with Crippen LogP contribution in [0.1, 0.15) is 17.3 Å². The fraction of sp³-hybridized carbons (Fsp3) is 0.231. The van der Waals surface area contributed by atoms with Crippen LogP contribution in [0.25, 0.3) is 10.9 Å². The van der Waals surface area contributed by atoms with Gasteiger partial charge in [0.1, 0.15) is 6.54 Å². The molecule has 0 atom stereocenters. The van der Waals surface area contributed by atoms with Crippen molar-refractivity contribution in [1.29, 1.82) is 0 Å². The van der Waals surface area contributed by atoms with Crippen molar-refractivity contribution >= 4 is 22.8 Å². The van der Waals surface area contributed by atoms with Crippen molar-refractivity contribution in [3.05, 3.63) is 36.0 Å². The number of hydrogen-bond acceptors (Lipinski definition) is 2. The smallest absolute Gasteiger partial charge is 0.335 e. The summed E-state index contributed by atoms with van der Waals surface area (Å²) in [6, 6.07) is 6.67. The Bertz CT molecular complexity index is 601. The number of carboxylic acid groups (broad SMARTS) is 1. The molecule has 2 rings (SSSR count). The van der Waals surface area contributed by atoms with Crippen LogP contribution < -0.4 is 5.32 Å². The highest BCUT2D eigenvalue weighted by Crippen LogP contribution is 2.17. The van der Waals surface area contributed by atoms with Crippen molar-refractivity contribution in [3.8, 4) is 0 Å². The lowest BCUT2D eigenvalue weighted by atomic mass is 10.1. The van der Waals surface area contributed by atoms with Crippen molar-refractivity contribution < 1.29 is 14.7 Å². The summed E-state index contributed by atoms with van der Waals surface area (Å²) in [5.74, 6) is -1.01. The van der Waals surface area contributed by atoms with E-state index in [2.05, 4.69) is 5.32 Å². The van der Waals surface area contributed by atoms with Crippen LogP contribution in [0.5, 0.6) is 0 Å². The molecule has 1 aromatic carbocycles. The van der Waals surface area contributed by atoms with Gasteiger partial charge in [0, 0.05) is 23.6 Å². The zero-order chi connectivity index (χ0) is 13.1.